The minimum Gasteiger partial charge on any atom is -0.462 e. The molecule has 0 unspecified atom stereocenters. The summed E-state index contributed by atoms with van der Waals surface area (Å²) in [7, 11) is 0. The second kappa shape index (κ2) is 8.05. The number of esters is 1. The fourth-order valence-corrected chi connectivity index (χ4v) is 3.43. The van der Waals surface area contributed by atoms with Gasteiger partial charge in [0.25, 0.3) is 0 Å². The monoisotopic (exact) mass is 362 g/mol. The van der Waals surface area contributed by atoms with Gasteiger partial charge in [0.2, 0.25) is 0 Å². The smallest absolute Gasteiger partial charge is 0.338 e. The van der Waals surface area contributed by atoms with Crippen molar-refractivity contribution in [3.8, 4) is 6.07 Å². The predicted molar refractivity (Wildman–Crippen MR) is 103 cm³/mol. The van der Waals surface area contributed by atoms with Gasteiger partial charge in [-0.05, 0) is 55.2 Å². The van der Waals surface area contributed by atoms with Gasteiger partial charge in [0.05, 0.1) is 23.4 Å². The molecule has 0 aromatic heterocycles. The van der Waals surface area contributed by atoms with Crippen molar-refractivity contribution < 1.29 is 14.3 Å². The number of carbonyl (C=O) groups excluding carboxylic acids is 2. The van der Waals surface area contributed by atoms with Crippen LogP contribution in [0.5, 0.6) is 0 Å². The number of fused-ring (bicyclic) bond motifs is 1. The normalized spacial score (nSPS) is 12.4. The number of rotatable bonds is 6. The molecule has 1 heterocycles. The van der Waals surface area contributed by atoms with Gasteiger partial charge in [-0.2, -0.15) is 5.26 Å². The van der Waals surface area contributed by atoms with Crippen LogP contribution in [0.25, 0.3) is 0 Å². The quantitative estimate of drug-likeness (QED) is 0.728. The summed E-state index contributed by atoms with van der Waals surface area (Å²) in [5.41, 5.74) is 4.71. The number of ether oxygens (including phenoxy) is 1. The van der Waals surface area contributed by atoms with E-state index >= 15 is 0 Å². The number of benzene rings is 2. The van der Waals surface area contributed by atoms with Crippen LogP contribution in [0.2, 0.25) is 0 Å². The van der Waals surface area contributed by atoms with Crippen molar-refractivity contribution in [3.63, 3.8) is 0 Å². The number of hydrogen-bond acceptors (Lipinski definition) is 5. The summed E-state index contributed by atoms with van der Waals surface area (Å²) < 4.78 is 5.22. The lowest BCUT2D eigenvalue weighted by atomic mass is 10.00. The Morgan fingerprint density at radius 2 is 2.07 bits per heavy atom. The van der Waals surface area contributed by atoms with Gasteiger partial charge in [0, 0.05) is 18.7 Å². The van der Waals surface area contributed by atoms with Crippen molar-refractivity contribution in [2.75, 3.05) is 18.1 Å². The van der Waals surface area contributed by atoms with Crippen LogP contribution in [0.1, 0.15) is 47.3 Å². The maximum Gasteiger partial charge on any atom is 0.338 e. The number of Topliss-reactive ketones (excluding diaryl/α,β-unsaturated/α-hetero) is 1. The predicted octanol–water partition coefficient (Wildman–Crippen LogP) is 3.95. The summed E-state index contributed by atoms with van der Waals surface area (Å²) in [6.45, 7) is 4.62. The fraction of sp³-hybridized carbons (Fsp3) is 0.318. The van der Waals surface area contributed by atoms with Gasteiger partial charge >= 0.3 is 5.97 Å². The minimum absolute atomic E-state index is 0.0759. The van der Waals surface area contributed by atoms with E-state index in [9.17, 15) is 14.9 Å². The Morgan fingerprint density at radius 3 is 2.78 bits per heavy atom. The summed E-state index contributed by atoms with van der Waals surface area (Å²) >= 11 is 0. The third-order valence-electron chi connectivity index (χ3n) is 4.53. The van der Waals surface area contributed by atoms with Crippen LogP contribution in [0, 0.1) is 11.3 Å². The van der Waals surface area contributed by atoms with Crippen LogP contribution in [-0.2, 0) is 22.4 Å². The van der Waals surface area contributed by atoms with E-state index in [1.165, 1.54) is 0 Å². The molecule has 0 aliphatic carbocycles. The molecule has 138 valence electrons. The molecule has 0 saturated heterocycles. The molecule has 1 aliphatic heterocycles. The first-order valence-corrected chi connectivity index (χ1v) is 9.13. The van der Waals surface area contributed by atoms with Gasteiger partial charge in [0.1, 0.15) is 11.9 Å². The molecule has 2 aromatic carbocycles. The van der Waals surface area contributed by atoms with E-state index in [-0.39, 0.29) is 11.8 Å². The maximum atomic E-state index is 12.2. The van der Waals surface area contributed by atoms with E-state index in [4.69, 9.17) is 4.74 Å². The molecular formula is C22H22N2O3. The van der Waals surface area contributed by atoms with Crippen LogP contribution in [0.3, 0.4) is 0 Å². The first kappa shape index (κ1) is 18.7. The first-order valence-electron chi connectivity index (χ1n) is 9.13. The Morgan fingerprint density at radius 1 is 1.26 bits per heavy atom. The zero-order valence-corrected chi connectivity index (χ0v) is 15.6. The van der Waals surface area contributed by atoms with Gasteiger partial charge in [0.15, 0.2) is 0 Å². The van der Waals surface area contributed by atoms with E-state index in [1.807, 2.05) is 25.1 Å². The number of nitrogens with zero attached hydrogens (tertiary/aromatic N) is 2. The molecule has 0 amide bonds. The highest BCUT2D eigenvalue weighted by Gasteiger charge is 2.25. The lowest BCUT2D eigenvalue weighted by Crippen LogP contribution is -2.15. The summed E-state index contributed by atoms with van der Waals surface area (Å²) in [6, 6.07) is 13.4. The fourth-order valence-electron chi connectivity index (χ4n) is 3.43. The third-order valence-corrected chi connectivity index (χ3v) is 4.53. The van der Waals surface area contributed by atoms with E-state index in [0.717, 1.165) is 41.9 Å². The number of hydrogen-bond donors (Lipinski definition) is 0. The van der Waals surface area contributed by atoms with Crippen LogP contribution in [0.15, 0.2) is 36.4 Å². The minimum atomic E-state index is -0.338. The van der Waals surface area contributed by atoms with Crippen molar-refractivity contribution >= 4 is 23.1 Å². The van der Waals surface area contributed by atoms with Gasteiger partial charge in [-0.1, -0.05) is 19.1 Å². The molecule has 0 fully saturated rings. The molecule has 0 atom stereocenters. The molecule has 5 nitrogen and oxygen atoms in total. The Hall–Kier alpha value is -3.13. The zero-order chi connectivity index (χ0) is 19.4. The van der Waals surface area contributed by atoms with Crippen LogP contribution < -0.4 is 4.90 Å². The molecule has 0 saturated carbocycles. The lowest BCUT2D eigenvalue weighted by molar-refractivity contribution is -0.116. The van der Waals surface area contributed by atoms with E-state index in [2.05, 4.69) is 11.0 Å². The Bertz CT molecular complexity index is 928. The summed E-state index contributed by atoms with van der Waals surface area (Å²) in [5.74, 6) is -0.262. The molecule has 1 aliphatic rings. The molecule has 0 spiro atoms. The van der Waals surface area contributed by atoms with Gasteiger partial charge in [-0.15, -0.1) is 0 Å². The average Bonchev–Trinajstić information content (AvgIpc) is 3.09. The number of nitriles is 1. The molecule has 2 aromatic rings. The SMILES string of the molecule is CCCOC(=O)c1cccc(N2CCc3cc(CC(C)=O)cc(C#N)c32)c1. The van der Waals surface area contributed by atoms with E-state index in [1.54, 1.807) is 25.1 Å². The van der Waals surface area contributed by atoms with Crippen molar-refractivity contribution in [2.24, 2.45) is 0 Å². The second-order valence-electron chi connectivity index (χ2n) is 6.73. The van der Waals surface area contributed by atoms with Gasteiger partial charge < -0.3 is 9.64 Å². The molecule has 27 heavy (non-hydrogen) atoms. The number of ketones is 1. The average molecular weight is 362 g/mol. The highest BCUT2D eigenvalue weighted by molar-refractivity contribution is 5.91. The maximum absolute atomic E-state index is 12.2. The Balaban J connectivity index is 1.95. The second-order valence-corrected chi connectivity index (χ2v) is 6.73. The molecule has 5 heteroatoms. The molecule has 0 N–H and O–H groups in total. The highest BCUT2D eigenvalue weighted by Crippen LogP contribution is 2.38. The largest absolute Gasteiger partial charge is 0.462 e. The van der Waals surface area contributed by atoms with Crippen LogP contribution >= 0.6 is 0 Å². The summed E-state index contributed by atoms with van der Waals surface area (Å²) in [5, 5.41) is 9.63. The Labute approximate surface area is 159 Å². The zero-order valence-electron chi connectivity index (χ0n) is 15.6. The van der Waals surface area contributed by atoms with E-state index in [0.29, 0.717) is 24.2 Å². The molecular weight excluding hydrogens is 340 g/mol. The highest BCUT2D eigenvalue weighted by atomic mass is 16.5. The van der Waals surface area contributed by atoms with Crippen LogP contribution in [-0.4, -0.2) is 24.9 Å². The van der Waals surface area contributed by atoms with Crippen molar-refractivity contribution in [1.29, 1.82) is 5.26 Å². The topological polar surface area (TPSA) is 70.4 Å². The lowest BCUT2D eigenvalue weighted by Gasteiger charge is -2.21. The Kier molecular flexibility index (Phi) is 5.56. The van der Waals surface area contributed by atoms with Crippen molar-refractivity contribution in [3.05, 3.63) is 58.7 Å². The third kappa shape index (κ3) is 4.01. The summed E-state index contributed by atoms with van der Waals surface area (Å²) in [4.78, 5) is 25.7. The number of anilines is 2. The van der Waals surface area contributed by atoms with Crippen molar-refractivity contribution in [1.82, 2.24) is 0 Å². The van der Waals surface area contributed by atoms with Gasteiger partial charge in [-0.25, -0.2) is 4.79 Å². The molecule has 0 radical (unpaired) electrons. The van der Waals surface area contributed by atoms with Crippen molar-refractivity contribution in [2.45, 2.75) is 33.1 Å². The first-order chi connectivity index (χ1) is 13.0. The standard InChI is InChI=1S/C22H22N2O3/c1-3-9-27-22(26)18-5-4-6-20(13-18)24-8-7-17-11-16(10-15(2)25)12-19(14-23)21(17)24/h4-6,11-13H,3,7-10H2,1-2H3. The van der Waals surface area contributed by atoms with Crippen LogP contribution in [0.4, 0.5) is 11.4 Å². The molecule has 3 rings (SSSR count). The molecule has 0 bridgehead atoms. The number of carbonyl (C=O) groups is 2. The van der Waals surface area contributed by atoms with Gasteiger partial charge in [-0.3, -0.25) is 4.79 Å². The summed E-state index contributed by atoms with van der Waals surface area (Å²) in [6.07, 6.45) is 1.90. The van der Waals surface area contributed by atoms with E-state index < -0.39 is 0 Å².